The maximum Gasteiger partial charge on any atom is 0.0343 e. The number of hydrogen-bond acceptors (Lipinski definition) is 1. The second-order valence-corrected chi connectivity index (χ2v) is 5.73. The number of halogens is 1. The van der Waals surface area contributed by atoms with Crippen molar-refractivity contribution in [2.75, 3.05) is 11.9 Å². The van der Waals surface area contributed by atoms with Crippen LogP contribution in [0.15, 0.2) is 22.7 Å². The van der Waals surface area contributed by atoms with Crippen LogP contribution in [0.1, 0.15) is 26.3 Å². The van der Waals surface area contributed by atoms with Gasteiger partial charge in [0.1, 0.15) is 0 Å². The average Bonchev–Trinajstić information content (AvgIpc) is 2.06. The molecule has 0 amide bonds. The van der Waals surface area contributed by atoms with Crippen LogP contribution in [0.25, 0.3) is 0 Å². The predicted molar refractivity (Wildman–Crippen MR) is 66.8 cm³/mol. The summed E-state index contributed by atoms with van der Waals surface area (Å²) in [4.78, 5) is 0. The summed E-state index contributed by atoms with van der Waals surface area (Å²) in [5, 5.41) is 3.43. The van der Waals surface area contributed by atoms with Gasteiger partial charge in [-0.2, -0.15) is 0 Å². The minimum atomic E-state index is 0.320. The van der Waals surface area contributed by atoms with Crippen molar-refractivity contribution in [3.05, 3.63) is 28.2 Å². The molecule has 1 rings (SSSR count). The summed E-state index contributed by atoms with van der Waals surface area (Å²) < 4.78 is 1.17. The van der Waals surface area contributed by atoms with Crippen LogP contribution in [0.5, 0.6) is 0 Å². The van der Waals surface area contributed by atoms with Crippen molar-refractivity contribution in [3.8, 4) is 0 Å². The first-order chi connectivity index (χ1) is 6.38. The largest absolute Gasteiger partial charge is 0.385 e. The molecule has 2 heteroatoms. The van der Waals surface area contributed by atoms with Gasteiger partial charge in [-0.1, -0.05) is 36.7 Å². The SMILES string of the molecule is Cc1cc(NCC(C)(C)C)ccc1Br. The van der Waals surface area contributed by atoms with E-state index in [1.165, 1.54) is 15.7 Å². The van der Waals surface area contributed by atoms with Crippen molar-refractivity contribution in [1.82, 2.24) is 0 Å². The van der Waals surface area contributed by atoms with E-state index in [1.807, 2.05) is 0 Å². The van der Waals surface area contributed by atoms with E-state index >= 15 is 0 Å². The van der Waals surface area contributed by atoms with Gasteiger partial charge in [0.15, 0.2) is 0 Å². The van der Waals surface area contributed by atoms with E-state index in [9.17, 15) is 0 Å². The lowest BCUT2D eigenvalue weighted by Crippen LogP contribution is -2.18. The van der Waals surface area contributed by atoms with E-state index in [-0.39, 0.29) is 0 Å². The third-order valence-electron chi connectivity index (χ3n) is 1.98. The summed E-state index contributed by atoms with van der Waals surface area (Å²) in [6.45, 7) is 9.78. The van der Waals surface area contributed by atoms with E-state index < -0.39 is 0 Å². The molecule has 0 atom stereocenters. The van der Waals surface area contributed by atoms with Gasteiger partial charge in [-0.05, 0) is 36.1 Å². The van der Waals surface area contributed by atoms with Crippen molar-refractivity contribution in [3.63, 3.8) is 0 Å². The normalized spacial score (nSPS) is 11.5. The summed E-state index contributed by atoms with van der Waals surface area (Å²) in [7, 11) is 0. The molecule has 0 fully saturated rings. The van der Waals surface area contributed by atoms with E-state index in [4.69, 9.17) is 0 Å². The summed E-state index contributed by atoms with van der Waals surface area (Å²) in [5.74, 6) is 0. The fourth-order valence-corrected chi connectivity index (χ4v) is 1.37. The summed E-state index contributed by atoms with van der Waals surface area (Å²) in [6, 6.07) is 6.35. The van der Waals surface area contributed by atoms with Crippen molar-refractivity contribution in [1.29, 1.82) is 0 Å². The maximum atomic E-state index is 3.49. The molecule has 78 valence electrons. The van der Waals surface area contributed by atoms with Gasteiger partial charge in [-0.15, -0.1) is 0 Å². The number of nitrogens with one attached hydrogen (secondary N) is 1. The van der Waals surface area contributed by atoms with Crippen molar-refractivity contribution in [2.45, 2.75) is 27.7 Å². The Bertz CT molecular complexity index is 313. The molecular formula is C12H18BrN. The zero-order chi connectivity index (χ0) is 10.8. The molecule has 0 spiro atoms. The van der Waals surface area contributed by atoms with Crippen LogP contribution in [0, 0.1) is 12.3 Å². The fraction of sp³-hybridized carbons (Fsp3) is 0.500. The van der Waals surface area contributed by atoms with Crippen molar-refractivity contribution in [2.24, 2.45) is 5.41 Å². The Morgan fingerprint density at radius 3 is 2.43 bits per heavy atom. The molecule has 0 aliphatic heterocycles. The Morgan fingerprint density at radius 1 is 1.29 bits per heavy atom. The molecule has 0 aliphatic rings. The van der Waals surface area contributed by atoms with Crippen LogP contribution in [0.4, 0.5) is 5.69 Å². The highest BCUT2D eigenvalue weighted by atomic mass is 79.9. The quantitative estimate of drug-likeness (QED) is 0.835. The Kier molecular flexibility index (Phi) is 3.59. The summed E-state index contributed by atoms with van der Waals surface area (Å²) in [6.07, 6.45) is 0. The molecule has 1 N–H and O–H groups in total. The van der Waals surface area contributed by atoms with Gasteiger partial charge in [0.25, 0.3) is 0 Å². The molecule has 0 saturated carbocycles. The number of rotatable bonds is 2. The highest BCUT2D eigenvalue weighted by molar-refractivity contribution is 9.10. The molecule has 14 heavy (non-hydrogen) atoms. The molecule has 0 unspecified atom stereocenters. The van der Waals surface area contributed by atoms with E-state index in [0.29, 0.717) is 5.41 Å². The summed E-state index contributed by atoms with van der Waals surface area (Å²) in [5.41, 5.74) is 2.78. The first-order valence-electron chi connectivity index (χ1n) is 4.88. The number of aryl methyl sites for hydroxylation is 1. The Labute approximate surface area is 95.0 Å². The lowest BCUT2D eigenvalue weighted by Gasteiger charge is -2.19. The standard InChI is InChI=1S/C12H18BrN/c1-9-7-10(5-6-11(9)13)14-8-12(2,3)4/h5-7,14H,8H2,1-4H3. The summed E-state index contributed by atoms with van der Waals surface area (Å²) >= 11 is 3.49. The first kappa shape index (κ1) is 11.6. The lowest BCUT2D eigenvalue weighted by atomic mass is 9.97. The Balaban J connectivity index is 2.65. The molecule has 1 aromatic rings. The van der Waals surface area contributed by atoms with Gasteiger partial charge < -0.3 is 5.32 Å². The Hall–Kier alpha value is -0.500. The van der Waals surface area contributed by atoms with Gasteiger partial charge in [0, 0.05) is 16.7 Å². The molecule has 0 aromatic heterocycles. The minimum Gasteiger partial charge on any atom is -0.385 e. The number of anilines is 1. The molecule has 0 bridgehead atoms. The number of benzene rings is 1. The zero-order valence-electron chi connectivity index (χ0n) is 9.32. The molecule has 1 aromatic carbocycles. The smallest absolute Gasteiger partial charge is 0.0343 e. The van der Waals surface area contributed by atoms with Gasteiger partial charge >= 0.3 is 0 Å². The molecule has 1 nitrogen and oxygen atoms in total. The van der Waals surface area contributed by atoms with Gasteiger partial charge in [0.2, 0.25) is 0 Å². The van der Waals surface area contributed by atoms with E-state index in [1.54, 1.807) is 0 Å². The van der Waals surface area contributed by atoms with Crippen LogP contribution in [-0.2, 0) is 0 Å². The Morgan fingerprint density at radius 2 is 1.93 bits per heavy atom. The third kappa shape index (κ3) is 3.70. The van der Waals surface area contributed by atoms with Crippen LogP contribution < -0.4 is 5.32 Å². The van der Waals surface area contributed by atoms with E-state index in [0.717, 1.165) is 6.54 Å². The second kappa shape index (κ2) is 4.35. The predicted octanol–water partition coefficient (Wildman–Crippen LogP) is 4.22. The maximum absolute atomic E-state index is 3.49. The van der Waals surface area contributed by atoms with Crippen LogP contribution in [-0.4, -0.2) is 6.54 Å². The zero-order valence-corrected chi connectivity index (χ0v) is 10.9. The second-order valence-electron chi connectivity index (χ2n) is 4.88. The fourth-order valence-electron chi connectivity index (χ4n) is 1.12. The molecule has 0 radical (unpaired) electrons. The molecular weight excluding hydrogens is 238 g/mol. The topological polar surface area (TPSA) is 12.0 Å². The van der Waals surface area contributed by atoms with Crippen molar-refractivity contribution < 1.29 is 0 Å². The third-order valence-corrected chi connectivity index (χ3v) is 2.87. The van der Waals surface area contributed by atoms with Crippen molar-refractivity contribution >= 4 is 21.6 Å². The molecule has 0 saturated heterocycles. The molecule has 0 aliphatic carbocycles. The van der Waals surface area contributed by atoms with Gasteiger partial charge in [0.05, 0.1) is 0 Å². The van der Waals surface area contributed by atoms with Gasteiger partial charge in [-0.3, -0.25) is 0 Å². The monoisotopic (exact) mass is 255 g/mol. The van der Waals surface area contributed by atoms with Crippen LogP contribution >= 0.6 is 15.9 Å². The van der Waals surface area contributed by atoms with Crippen LogP contribution in [0.2, 0.25) is 0 Å². The first-order valence-corrected chi connectivity index (χ1v) is 5.68. The minimum absolute atomic E-state index is 0.320. The van der Waals surface area contributed by atoms with E-state index in [2.05, 4.69) is 67.1 Å². The van der Waals surface area contributed by atoms with Gasteiger partial charge in [-0.25, -0.2) is 0 Å². The molecule has 0 heterocycles. The van der Waals surface area contributed by atoms with Crippen LogP contribution in [0.3, 0.4) is 0 Å². The number of hydrogen-bond donors (Lipinski definition) is 1. The average molecular weight is 256 g/mol. The highest BCUT2D eigenvalue weighted by Crippen LogP contribution is 2.21. The highest BCUT2D eigenvalue weighted by Gasteiger charge is 2.09. The lowest BCUT2D eigenvalue weighted by molar-refractivity contribution is 0.443.